The molecule has 2 rings (SSSR count). The molecule has 96 valence electrons. The molecule has 3 nitrogen and oxygen atoms in total. The first-order valence-electron chi connectivity index (χ1n) is 6.35. The highest BCUT2D eigenvalue weighted by Crippen LogP contribution is 2.19. The van der Waals surface area contributed by atoms with E-state index in [9.17, 15) is 0 Å². The molecule has 0 radical (unpaired) electrons. The molecule has 4 heteroatoms. The topological polar surface area (TPSA) is 24.8 Å². The van der Waals surface area contributed by atoms with Gasteiger partial charge in [0.25, 0.3) is 0 Å². The summed E-state index contributed by atoms with van der Waals surface area (Å²) < 4.78 is 5.88. The van der Waals surface area contributed by atoms with Gasteiger partial charge in [0.05, 0.1) is 10.8 Å². The molecule has 1 aromatic rings. The summed E-state index contributed by atoms with van der Waals surface area (Å²) in [5, 5.41) is 2.35. The highest BCUT2D eigenvalue weighted by molar-refractivity contribution is 7.78. The van der Waals surface area contributed by atoms with E-state index in [0.717, 1.165) is 18.0 Å². The number of benzene rings is 1. The van der Waals surface area contributed by atoms with E-state index in [2.05, 4.69) is 34.2 Å². The predicted molar refractivity (Wildman–Crippen MR) is 76.9 cm³/mol. The first kappa shape index (κ1) is 13.2. The van der Waals surface area contributed by atoms with Gasteiger partial charge in [-0.05, 0) is 69.3 Å². The van der Waals surface area contributed by atoms with Gasteiger partial charge < -0.3 is 4.74 Å². The maximum Gasteiger partial charge on any atom is 0.119 e. The van der Waals surface area contributed by atoms with Crippen molar-refractivity contribution in [1.82, 2.24) is 4.90 Å². The van der Waals surface area contributed by atoms with E-state index < -0.39 is 0 Å². The van der Waals surface area contributed by atoms with Crippen molar-refractivity contribution >= 4 is 23.1 Å². The van der Waals surface area contributed by atoms with E-state index in [4.69, 9.17) is 4.74 Å². The minimum atomic E-state index is 0.211. The van der Waals surface area contributed by atoms with E-state index in [1.165, 1.54) is 25.9 Å². The molecule has 1 heterocycles. The molecule has 0 spiro atoms. The summed E-state index contributed by atoms with van der Waals surface area (Å²) in [6.07, 6.45) is 2.84. The fourth-order valence-electron chi connectivity index (χ4n) is 2.25. The SMILES string of the molecule is C[C@H](CN1CCCC1)Oc1ccc(N=C=S)cc1. The fraction of sp³-hybridized carbons (Fsp3) is 0.500. The first-order chi connectivity index (χ1) is 8.78. The third-order valence-corrected chi connectivity index (χ3v) is 3.15. The van der Waals surface area contributed by atoms with Crippen LogP contribution in [-0.2, 0) is 0 Å². The summed E-state index contributed by atoms with van der Waals surface area (Å²) in [5.41, 5.74) is 0.810. The van der Waals surface area contributed by atoms with Crippen molar-refractivity contribution in [2.24, 2.45) is 4.99 Å². The standard InChI is InChI=1S/C14H18N2OS/c1-12(10-16-8-2-3-9-16)17-14-6-4-13(5-7-14)15-11-18/h4-7,12H,2-3,8-10H2,1H3/t12-/m1/s1. The van der Waals surface area contributed by atoms with Crippen LogP contribution >= 0.6 is 12.2 Å². The third kappa shape index (κ3) is 3.91. The van der Waals surface area contributed by atoms with Crippen molar-refractivity contribution in [2.45, 2.75) is 25.9 Å². The average molecular weight is 262 g/mol. The molecule has 1 saturated heterocycles. The Kier molecular flexibility index (Phi) is 4.88. The van der Waals surface area contributed by atoms with Gasteiger partial charge in [0.1, 0.15) is 11.9 Å². The Morgan fingerprint density at radius 2 is 2.00 bits per heavy atom. The van der Waals surface area contributed by atoms with Crippen molar-refractivity contribution in [2.75, 3.05) is 19.6 Å². The minimum Gasteiger partial charge on any atom is -0.489 e. The van der Waals surface area contributed by atoms with Gasteiger partial charge in [0, 0.05) is 6.54 Å². The Hall–Kier alpha value is -1.22. The van der Waals surface area contributed by atoms with Crippen LogP contribution in [0.5, 0.6) is 5.75 Å². The van der Waals surface area contributed by atoms with Gasteiger partial charge in [0.15, 0.2) is 0 Å². The number of rotatable bonds is 5. The molecule has 0 saturated carbocycles. The zero-order valence-corrected chi connectivity index (χ0v) is 11.4. The number of hydrogen-bond donors (Lipinski definition) is 0. The Morgan fingerprint density at radius 1 is 1.33 bits per heavy atom. The van der Waals surface area contributed by atoms with Crippen LogP contribution in [0.1, 0.15) is 19.8 Å². The summed E-state index contributed by atoms with van der Waals surface area (Å²) in [6.45, 7) is 5.52. The Labute approximate surface area is 113 Å². The second kappa shape index (κ2) is 6.64. The van der Waals surface area contributed by atoms with E-state index in [1.54, 1.807) is 0 Å². The molecule has 1 aliphatic rings. The van der Waals surface area contributed by atoms with Crippen LogP contribution in [-0.4, -0.2) is 35.8 Å². The lowest BCUT2D eigenvalue weighted by atomic mass is 10.3. The van der Waals surface area contributed by atoms with Crippen LogP contribution in [0.4, 0.5) is 5.69 Å². The highest BCUT2D eigenvalue weighted by atomic mass is 32.1. The first-order valence-corrected chi connectivity index (χ1v) is 6.76. The number of thiocarbonyl (C=S) groups is 1. The Bertz CT molecular complexity index is 420. The van der Waals surface area contributed by atoms with Gasteiger partial charge in [-0.15, -0.1) is 0 Å². The maximum absolute atomic E-state index is 5.88. The summed E-state index contributed by atoms with van der Waals surface area (Å²) in [5.74, 6) is 0.880. The van der Waals surface area contributed by atoms with E-state index in [0.29, 0.717) is 0 Å². The van der Waals surface area contributed by atoms with Gasteiger partial charge in [0.2, 0.25) is 0 Å². The molecule has 1 fully saturated rings. The molecule has 0 aliphatic carbocycles. The van der Waals surface area contributed by atoms with E-state index in [1.807, 2.05) is 24.3 Å². The summed E-state index contributed by atoms with van der Waals surface area (Å²) in [4.78, 5) is 6.36. The van der Waals surface area contributed by atoms with Gasteiger partial charge >= 0.3 is 0 Å². The largest absolute Gasteiger partial charge is 0.489 e. The average Bonchev–Trinajstić information content (AvgIpc) is 2.84. The molecule has 1 aliphatic heterocycles. The van der Waals surface area contributed by atoms with Crippen LogP contribution in [0.2, 0.25) is 0 Å². The highest BCUT2D eigenvalue weighted by Gasteiger charge is 2.15. The minimum absolute atomic E-state index is 0.211. The number of hydrogen-bond acceptors (Lipinski definition) is 4. The number of aliphatic imine (C=N–C) groups is 1. The van der Waals surface area contributed by atoms with Crippen LogP contribution in [0.25, 0.3) is 0 Å². The van der Waals surface area contributed by atoms with Gasteiger partial charge in [-0.3, -0.25) is 4.90 Å². The van der Waals surface area contributed by atoms with Crippen molar-refractivity contribution in [3.05, 3.63) is 24.3 Å². The molecule has 0 aromatic heterocycles. The second-order valence-corrected chi connectivity index (χ2v) is 4.82. The summed E-state index contributed by atoms with van der Waals surface area (Å²) >= 11 is 4.56. The third-order valence-electron chi connectivity index (χ3n) is 3.06. The normalized spacial score (nSPS) is 17.2. The van der Waals surface area contributed by atoms with Gasteiger partial charge in [-0.1, -0.05) is 0 Å². The van der Waals surface area contributed by atoms with Crippen LogP contribution in [0, 0.1) is 0 Å². The maximum atomic E-state index is 5.88. The lowest BCUT2D eigenvalue weighted by Gasteiger charge is -2.21. The Balaban J connectivity index is 1.85. The molecule has 1 aromatic carbocycles. The zero-order valence-electron chi connectivity index (χ0n) is 10.6. The molecule has 0 N–H and O–H groups in total. The summed E-state index contributed by atoms with van der Waals surface area (Å²) in [7, 11) is 0. The molecule has 18 heavy (non-hydrogen) atoms. The Morgan fingerprint density at radius 3 is 2.61 bits per heavy atom. The number of isothiocyanates is 1. The van der Waals surface area contributed by atoms with Crippen LogP contribution in [0.3, 0.4) is 0 Å². The fourth-order valence-corrected chi connectivity index (χ4v) is 2.36. The van der Waals surface area contributed by atoms with Crippen molar-refractivity contribution in [3.8, 4) is 5.75 Å². The van der Waals surface area contributed by atoms with Crippen molar-refractivity contribution in [3.63, 3.8) is 0 Å². The van der Waals surface area contributed by atoms with E-state index in [-0.39, 0.29) is 6.10 Å². The van der Waals surface area contributed by atoms with Crippen LogP contribution < -0.4 is 4.74 Å². The summed E-state index contributed by atoms with van der Waals surface area (Å²) in [6, 6.07) is 7.62. The quantitative estimate of drug-likeness (QED) is 0.601. The predicted octanol–water partition coefficient (Wildman–Crippen LogP) is 3.28. The molecule has 1 atom stereocenters. The van der Waals surface area contributed by atoms with Gasteiger partial charge in [-0.25, -0.2) is 0 Å². The number of likely N-dealkylation sites (tertiary alicyclic amines) is 1. The van der Waals surface area contributed by atoms with Crippen LogP contribution in [0.15, 0.2) is 29.3 Å². The van der Waals surface area contributed by atoms with Gasteiger partial charge in [-0.2, -0.15) is 4.99 Å². The van der Waals surface area contributed by atoms with E-state index >= 15 is 0 Å². The smallest absolute Gasteiger partial charge is 0.119 e. The molecular formula is C14H18N2OS. The monoisotopic (exact) mass is 262 g/mol. The second-order valence-electron chi connectivity index (χ2n) is 4.63. The van der Waals surface area contributed by atoms with Crippen molar-refractivity contribution < 1.29 is 4.74 Å². The lowest BCUT2D eigenvalue weighted by molar-refractivity contribution is 0.162. The molecular weight excluding hydrogens is 244 g/mol. The van der Waals surface area contributed by atoms with Crippen molar-refractivity contribution in [1.29, 1.82) is 0 Å². The number of nitrogens with zero attached hydrogens (tertiary/aromatic N) is 2. The number of ether oxygens (including phenoxy) is 1. The molecule has 0 amide bonds. The lowest BCUT2D eigenvalue weighted by Crippen LogP contribution is -2.31. The zero-order chi connectivity index (χ0) is 12.8. The molecule has 0 bridgehead atoms. The molecule has 0 unspecified atom stereocenters.